The molecule has 0 radical (unpaired) electrons. The zero-order valence-electron chi connectivity index (χ0n) is 15.3. The molecule has 2 amide bonds. The fourth-order valence-electron chi connectivity index (χ4n) is 2.16. The first-order valence-electron chi connectivity index (χ1n) is 8.27. The van der Waals surface area contributed by atoms with Gasteiger partial charge in [0, 0.05) is 5.02 Å². The standard InChI is InChI=1S/C19H19ClN2O6/c1-3-27-14-7-4-12(5-8-14)19(25)28-11-17(23)21-22-18(24)15-10-13(20)6-9-16(15)26-2/h4-10H,3,11H2,1-2H3,(H,21,23)(H,22,24). The molecule has 2 aromatic rings. The summed E-state index contributed by atoms with van der Waals surface area (Å²) in [6.07, 6.45) is 0. The summed E-state index contributed by atoms with van der Waals surface area (Å²) in [5.74, 6) is -1.12. The zero-order valence-corrected chi connectivity index (χ0v) is 16.0. The van der Waals surface area contributed by atoms with Crippen LogP contribution in [0.5, 0.6) is 11.5 Å². The van der Waals surface area contributed by atoms with E-state index in [1.54, 1.807) is 18.2 Å². The van der Waals surface area contributed by atoms with Crippen molar-refractivity contribution in [3.8, 4) is 11.5 Å². The third-order valence-corrected chi connectivity index (χ3v) is 3.69. The summed E-state index contributed by atoms with van der Waals surface area (Å²) in [6, 6.07) is 10.8. The van der Waals surface area contributed by atoms with E-state index >= 15 is 0 Å². The Balaban J connectivity index is 1.83. The molecule has 0 aliphatic heterocycles. The van der Waals surface area contributed by atoms with Crippen molar-refractivity contribution < 1.29 is 28.6 Å². The van der Waals surface area contributed by atoms with Crippen molar-refractivity contribution in [2.75, 3.05) is 20.3 Å². The number of hydrogen-bond donors (Lipinski definition) is 2. The van der Waals surface area contributed by atoms with Crippen LogP contribution in [0, 0.1) is 0 Å². The number of amides is 2. The summed E-state index contributed by atoms with van der Waals surface area (Å²) >= 11 is 5.86. The Morgan fingerprint density at radius 3 is 2.39 bits per heavy atom. The number of benzene rings is 2. The predicted molar refractivity (Wildman–Crippen MR) is 102 cm³/mol. The maximum absolute atomic E-state index is 12.1. The first kappa shape index (κ1) is 21.0. The number of rotatable bonds is 7. The second-order valence-corrected chi connectivity index (χ2v) is 5.82. The topological polar surface area (TPSA) is 103 Å². The van der Waals surface area contributed by atoms with Crippen LogP contribution in [0.1, 0.15) is 27.6 Å². The van der Waals surface area contributed by atoms with Crippen LogP contribution in [-0.2, 0) is 9.53 Å². The first-order chi connectivity index (χ1) is 13.4. The highest BCUT2D eigenvalue weighted by Crippen LogP contribution is 2.22. The van der Waals surface area contributed by atoms with E-state index in [0.29, 0.717) is 17.4 Å². The van der Waals surface area contributed by atoms with Crippen LogP contribution in [0.3, 0.4) is 0 Å². The number of hydrazine groups is 1. The van der Waals surface area contributed by atoms with Crippen molar-refractivity contribution in [3.63, 3.8) is 0 Å². The number of ether oxygens (including phenoxy) is 3. The molecular weight excluding hydrogens is 388 g/mol. The van der Waals surface area contributed by atoms with Gasteiger partial charge in [0.1, 0.15) is 11.5 Å². The van der Waals surface area contributed by atoms with Gasteiger partial charge in [0.05, 0.1) is 24.8 Å². The summed E-state index contributed by atoms with van der Waals surface area (Å²) in [4.78, 5) is 35.9. The van der Waals surface area contributed by atoms with E-state index in [1.165, 1.54) is 31.4 Å². The Bertz CT molecular complexity index is 854. The molecule has 28 heavy (non-hydrogen) atoms. The quantitative estimate of drug-likeness (QED) is 0.540. The fraction of sp³-hybridized carbons (Fsp3) is 0.211. The van der Waals surface area contributed by atoms with Gasteiger partial charge in [0.15, 0.2) is 6.61 Å². The van der Waals surface area contributed by atoms with Crippen molar-refractivity contribution in [1.82, 2.24) is 10.9 Å². The second-order valence-electron chi connectivity index (χ2n) is 5.38. The molecular formula is C19H19ClN2O6. The molecule has 0 saturated carbocycles. The van der Waals surface area contributed by atoms with Gasteiger partial charge in [-0.3, -0.25) is 20.4 Å². The van der Waals surface area contributed by atoms with Crippen molar-refractivity contribution >= 4 is 29.4 Å². The van der Waals surface area contributed by atoms with Crippen LogP contribution in [-0.4, -0.2) is 38.1 Å². The maximum Gasteiger partial charge on any atom is 0.338 e. The Morgan fingerprint density at radius 2 is 1.75 bits per heavy atom. The Morgan fingerprint density at radius 1 is 1.04 bits per heavy atom. The molecule has 8 nitrogen and oxygen atoms in total. The Labute approximate surface area is 166 Å². The monoisotopic (exact) mass is 406 g/mol. The van der Waals surface area contributed by atoms with Gasteiger partial charge in [-0.05, 0) is 49.4 Å². The number of carbonyl (C=O) groups is 3. The van der Waals surface area contributed by atoms with Crippen LogP contribution in [0.15, 0.2) is 42.5 Å². The van der Waals surface area contributed by atoms with E-state index in [0.717, 1.165) is 0 Å². The van der Waals surface area contributed by atoms with Gasteiger partial charge in [-0.15, -0.1) is 0 Å². The average molecular weight is 407 g/mol. The molecule has 2 N–H and O–H groups in total. The molecule has 0 aliphatic rings. The molecule has 0 heterocycles. The number of hydrogen-bond acceptors (Lipinski definition) is 6. The normalized spacial score (nSPS) is 9.96. The second kappa shape index (κ2) is 10.2. The van der Waals surface area contributed by atoms with E-state index in [4.69, 9.17) is 25.8 Å². The molecule has 148 valence electrons. The first-order valence-corrected chi connectivity index (χ1v) is 8.65. The van der Waals surface area contributed by atoms with Crippen LogP contribution in [0.25, 0.3) is 0 Å². The van der Waals surface area contributed by atoms with Crippen molar-refractivity contribution in [2.24, 2.45) is 0 Å². The maximum atomic E-state index is 12.1. The van der Waals surface area contributed by atoms with Gasteiger partial charge in [-0.1, -0.05) is 11.6 Å². The minimum Gasteiger partial charge on any atom is -0.496 e. The van der Waals surface area contributed by atoms with Crippen molar-refractivity contribution in [1.29, 1.82) is 0 Å². The minimum atomic E-state index is -0.714. The van der Waals surface area contributed by atoms with Crippen LogP contribution in [0.2, 0.25) is 5.02 Å². The van der Waals surface area contributed by atoms with Gasteiger partial charge >= 0.3 is 5.97 Å². The summed E-state index contributed by atoms with van der Waals surface area (Å²) in [7, 11) is 1.40. The number of halogens is 1. The highest BCUT2D eigenvalue weighted by atomic mass is 35.5. The van der Waals surface area contributed by atoms with E-state index in [1.807, 2.05) is 6.92 Å². The molecule has 2 aromatic carbocycles. The Hall–Kier alpha value is -3.26. The summed E-state index contributed by atoms with van der Waals surface area (Å²) < 4.78 is 15.3. The van der Waals surface area contributed by atoms with E-state index in [-0.39, 0.29) is 16.9 Å². The SMILES string of the molecule is CCOc1ccc(C(=O)OCC(=O)NNC(=O)c2cc(Cl)ccc2OC)cc1. The molecule has 0 aliphatic carbocycles. The molecule has 0 aromatic heterocycles. The van der Waals surface area contributed by atoms with Gasteiger partial charge in [-0.25, -0.2) is 4.79 Å². The lowest BCUT2D eigenvalue weighted by Gasteiger charge is -2.11. The predicted octanol–water partition coefficient (Wildman–Crippen LogP) is 2.37. The molecule has 9 heteroatoms. The van der Waals surface area contributed by atoms with Crippen LogP contribution < -0.4 is 20.3 Å². The molecule has 0 spiro atoms. The zero-order chi connectivity index (χ0) is 20.5. The summed E-state index contributed by atoms with van der Waals surface area (Å²) in [5.41, 5.74) is 4.76. The number of methoxy groups -OCH3 is 1. The highest BCUT2D eigenvalue weighted by Gasteiger charge is 2.15. The molecule has 0 bridgehead atoms. The van der Waals surface area contributed by atoms with Gasteiger partial charge < -0.3 is 14.2 Å². The van der Waals surface area contributed by atoms with Gasteiger partial charge in [0.2, 0.25) is 0 Å². The molecule has 0 unspecified atom stereocenters. The van der Waals surface area contributed by atoms with Gasteiger partial charge in [-0.2, -0.15) is 0 Å². The van der Waals surface area contributed by atoms with Crippen molar-refractivity contribution in [3.05, 3.63) is 58.6 Å². The van der Waals surface area contributed by atoms with Crippen molar-refractivity contribution in [2.45, 2.75) is 6.92 Å². The van der Waals surface area contributed by atoms with E-state index < -0.39 is 24.4 Å². The number of carbonyl (C=O) groups excluding carboxylic acids is 3. The smallest absolute Gasteiger partial charge is 0.338 e. The van der Waals surface area contributed by atoms with Crippen LogP contribution >= 0.6 is 11.6 Å². The van der Waals surface area contributed by atoms with Gasteiger partial charge in [0.25, 0.3) is 11.8 Å². The lowest BCUT2D eigenvalue weighted by molar-refractivity contribution is -0.125. The molecule has 0 atom stereocenters. The molecule has 2 rings (SSSR count). The summed E-state index contributed by atoms with van der Waals surface area (Å²) in [5, 5.41) is 0.335. The minimum absolute atomic E-state index is 0.140. The number of esters is 1. The third kappa shape index (κ3) is 5.88. The largest absolute Gasteiger partial charge is 0.496 e. The highest BCUT2D eigenvalue weighted by molar-refractivity contribution is 6.31. The summed E-state index contributed by atoms with van der Waals surface area (Å²) in [6.45, 7) is 1.79. The average Bonchev–Trinajstić information content (AvgIpc) is 2.71. The fourth-order valence-corrected chi connectivity index (χ4v) is 2.33. The van der Waals surface area contributed by atoms with E-state index in [2.05, 4.69) is 10.9 Å². The molecule has 0 saturated heterocycles. The Kier molecular flexibility index (Phi) is 7.65. The van der Waals surface area contributed by atoms with Crippen LogP contribution in [0.4, 0.5) is 0 Å². The lowest BCUT2D eigenvalue weighted by Crippen LogP contribution is -2.43. The number of nitrogens with one attached hydrogen (secondary N) is 2. The van der Waals surface area contributed by atoms with E-state index in [9.17, 15) is 14.4 Å². The lowest BCUT2D eigenvalue weighted by atomic mass is 10.2. The molecule has 0 fully saturated rings. The third-order valence-electron chi connectivity index (χ3n) is 3.46.